The normalized spacial score (nSPS) is 11.0. The second-order valence-corrected chi connectivity index (χ2v) is 5.14. The van der Waals surface area contributed by atoms with E-state index in [0.29, 0.717) is 11.9 Å². The summed E-state index contributed by atoms with van der Waals surface area (Å²) in [4.78, 5) is 9.38. The van der Waals surface area contributed by atoms with Crippen LogP contribution in [0.25, 0.3) is 0 Å². The molecule has 2 aromatic heterocycles. The monoisotopic (exact) mass is 248 g/mol. The molecule has 0 saturated carbocycles. The molecule has 17 heavy (non-hydrogen) atoms. The summed E-state index contributed by atoms with van der Waals surface area (Å²) in [5.74, 6) is 1.45. The third kappa shape index (κ3) is 3.00. The van der Waals surface area contributed by atoms with Crippen LogP contribution in [0.2, 0.25) is 0 Å². The van der Waals surface area contributed by atoms with Crippen LogP contribution in [0.5, 0.6) is 0 Å². The van der Waals surface area contributed by atoms with E-state index in [1.54, 1.807) is 18.0 Å². The number of pyridine rings is 1. The third-order valence-corrected chi connectivity index (χ3v) is 3.46. The molecule has 0 bridgehead atoms. The van der Waals surface area contributed by atoms with Gasteiger partial charge in [0, 0.05) is 34.8 Å². The number of nitrogen functional groups attached to an aromatic ring is 1. The molecule has 0 aliphatic heterocycles. The number of hydrogen-bond acceptors (Lipinski definition) is 4. The lowest BCUT2D eigenvalue weighted by atomic mass is 10.4. The molecule has 2 N–H and O–H groups in total. The molecule has 0 amide bonds. The van der Waals surface area contributed by atoms with Crippen molar-refractivity contribution in [2.24, 2.45) is 0 Å². The number of aromatic nitrogens is 3. The van der Waals surface area contributed by atoms with E-state index in [4.69, 9.17) is 5.73 Å². The van der Waals surface area contributed by atoms with E-state index in [9.17, 15) is 0 Å². The summed E-state index contributed by atoms with van der Waals surface area (Å²) in [5, 5.41) is 0. The third-order valence-electron chi connectivity index (χ3n) is 2.45. The topological polar surface area (TPSA) is 56.7 Å². The number of thioether (sulfide) groups is 1. The number of nitrogens with two attached hydrogens (primary N) is 1. The number of rotatable bonds is 4. The Morgan fingerprint density at radius 1 is 1.35 bits per heavy atom. The first-order valence-electron chi connectivity index (χ1n) is 5.52. The maximum absolute atomic E-state index is 5.55. The molecule has 0 atom stereocenters. The van der Waals surface area contributed by atoms with E-state index in [0.717, 1.165) is 10.6 Å². The van der Waals surface area contributed by atoms with Crippen molar-refractivity contribution in [2.75, 3.05) is 5.73 Å². The zero-order chi connectivity index (χ0) is 12.3. The summed E-state index contributed by atoms with van der Waals surface area (Å²) in [6.45, 7) is 4.31. The fourth-order valence-electron chi connectivity index (χ4n) is 1.54. The molecule has 0 aliphatic rings. The van der Waals surface area contributed by atoms with Gasteiger partial charge in [-0.05, 0) is 26.0 Å². The number of imidazole rings is 1. The summed E-state index contributed by atoms with van der Waals surface area (Å²) < 4.78 is 2.18. The summed E-state index contributed by atoms with van der Waals surface area (Å²) >= 11 is 1.74. The van der Waals surface area contributed by atoms with Crippen molar-refractivity contribution in [3.8, 4) is 0 Å². The van der Waals surface area contributed by atoms with Gasteiger partial charge in [0.1, 0.15) is 5.82 Å². The molecule has 0 spiro atoms. The van der Waals surface area contributed by atoms with Crippen LogP contribution in [0.3, 0.4) is 0 Å². The fraction of sp³-hybridized carbons (Fsp3) is 0.333. The second kappa shape index (κ2) is 5.23. The number of nitrogens with zero attached hydrogens (tertiary/aromatic N) is 3. The molecular formula is C12H16N4S. The lowest BCUT2D eigenvalue weighted by molar-refractivity contribution is 0.584. The molecular weight excluding hydrogens is 232 g/mol. The lowest BCUT2D eigenvalue weighted by Crippen LogP contribution is -2.02. The highest BCUT2D eigenvalue weighted by atomic mass is 32.2. The van der Waals surface area contributed by atoms with Gasteiger partial charge < -0.3 is 10.3 Å². The van der Waals surface area contributed by atoms with Gasteiger partial charge in [0.25, 0.3) is 0 Å². The standard InChI is InChI=1S/C12H16N4S/c1-9(2)16-8-14-5-10(16)7-17-11-3-4-12(13)15-6-11/h3-6,8-9H,7H2,1-2H3,(H2,13,15). The predicted molar refractivity (Wildman–Crippen MR) is 70.8 cm³/mol. The maximum Gasteiger partial charge on any atom is 0.123 e. The minimum Gasteiger partial charge on any atom is -0.384 e. The van der Waals surface area contributed by atoms with Crippen molar-refractivity contribution in [2.45, 2.75) is 30.5 Å². The van der Waals surface area contributed by atoms with Gasteiger partial charge >= 0.3 is 0 Å². The number of hydrogen-bond donors (Lipinski definition) is 1. The molecule has 0 fully saturated rings. The number of anilines is 1. The first kappa shape index (κ1) is 12.0. The van der Waals surface area contributed by atoms with Crippen molar-refractivity contribution < 1.29 is 0 Å². The van der Waals surface area contributed by atoms with E-state index in [1.807, 2.05) is 24.7 Å². The Hall–Kier alpha value is -1.49. The Kier molecular flexibility index (Phi) is 3.68. The SMILES string of the molecule is CC(C)n1cncc1CSc1ccc(N)nc1. The highest BCUT2D eigenvalue weighted by Crippen LogP contribution is 2.23. The van der Waals surface area contributed by atoms with Crippen molar-refractivity contribution in [3.63, 3.8) is 0 Å². The Balaban J connectivity index is 2.02. The Labute approximate surface area is 105 Å². The molecule has 2 heterocycles. The minimum atomic E-state index is 0.442. The fourth-order valence-corrected chi connectivity index (χ4v) is 2.37. The van der Waals surface area contributed by atoms with E-state index < -0.39 is 0 Å². The van der Waals surface area contributed by atoms with Crippen molar-refractivity contribution in [1.82, 2.24) is 14.5 Å². The highest BCUT2D eigenvalue weighted by molar-refractivity contribution is 7.98. The quantitative estimate of drug-likeness (QED) is 0.845. The largest absolute Gasteiger partial charge is 0.384 e. The van der Waals surface area contributed by atoms with Gasteiger partial charge in [-0.15, -0.1) is 11.8 Å². The second-order valence-electron chi connectivity index (χ2n) is 4.09. The van der Waals surface area contributed by atoms with Crippen LogP contribution in [0.1, 0.15) is 25.6 Å². The van der Waals surface area contributed by atoms with Gasteiger partial charge in [-0.2, -0.15) is 0 Å². The van der Waals surface area contributed by atoms with E-state index >= 15 is 0 Å². The van der Waals surface area contributed by atoms with Crippen molar-refractivity contribution >= 4 is 17.6 Å². The Bertz CT molecular complexity index is 476. The summed E-state index contributed by atoms with van der Waals surface area (Å²) in [7, 11) is 0. The van der Waals surface area contributed by atoms with Gasteiger partial charge in [-0.3, -0.25) is 0 Å². The summed E-state index contributed by atoms with van der Waals surface area (Å²) in [6.07, 6.45) is 5.59. The first-order chi connectivity index (χ1) is 8.16. The van der Waals surface area contributed by atoms with Crippen LogP contribution < -0.4 is 5.73 Å². The molecule has 0 aliphatic carbocycles. The van der Waals surface area contributed by atoms with Crippen LogP contribution >= 0.6 is 11.8 Å². The average Bonchev–Trinajstić information content (AvgIpc) is 2.76. The van der Waals surface area contributed by atoms with Crippen LogP contribution in [0, 0.1) is 0 Å². The Morgan fingerprint density at radius 2 is 2.18 bits per heavy atom. The van der Waals surface area contributed by atoms with Gasteiger partial charge in [0.15, 0.2) is 0 Å². The summed E-state index contributed by atoms with van der Waals surface area (Å²) in [6, 6.07) is 4.25. The van der Waals surface area contributed by atoms with E-state index in [1.165, 1.54) is 5.69 Å². The van der Waals surface area contributed by atoms with Crippen LogP contribution in [-0.2, 0) is 5.75 Å². The van der Waals surface area contributed by atoms with Crippen LogP contribution in [0.4, 0.5) is 5.82 Å². The first-order valence-corrected chi connectivity index (χ1v) is 6.50. The summed E-state index contributed by atoms with van der Waals surface area (Å²) in [5.41, 5.74) is 6.77. The van der Waals surface area contributed by atoms with E-state index in [-0.39, 0.29) is 0 Å². The smallest absolute Gasteiger partial charge is 0.123 e. The molecule has 0 saturated heterocycles. The van der Waals surface area contributed by atoms with Gasteiger partial charge in [-0.1, -0.05) is 0 Å². The molecule has 2 rings (SSSR count). The van der Waals surface area contributed by atoms with Crippen LogP contribution in [0.15, 0.2) is 35.7 Å². The van der Waals surface area contributed by atoms with Crippen molar-refractivity contribution in [1.29, 1.82) is 0 Å². The molecule has 2 aromatic rings. The highest BCUT2D eigenvalue weighted by Gasteiger charge is 2.05. The Morgan fingerprint density at radius 3 is 2.82 bits per heavy atom. The molecule has 90 valence electrons. The minimum absolute atomic E-state index is 0.442. The molecule has 0 aromatic carbocycles. The molecule has 4 nitrogen and oxygen atoms in total. The average molecular weight is 248 g/mol. The predicted octanol–water partition coefficient (Wildman–Crippen LogP) is 2.73. The van der Waals surface area contributed by atoms with Gasteiger partial charge in [0.05, 0.1) is 6.33 Å². The van der Waals surface area contributed by atoms with Gasteiger partial charge in [-0.25, -0.2) is 9.97 Å². The zero-order valence-corrected chi connectivity index (χ0v) is 10.8. The van der Waals surface area contributed by atoms with Crippen molar-refractivity contribution in [3.05, 3.63) is 36.5 Å². The lowest BCUT2D eigenvalue weighted by Gasteiger charge is -2.11. The maximum atomic E-state index is 5.55. The van der Waals surface area contributed by atoms with Gasteiger partial charge in [0.2, 0.25) is 0 Å². The zero-order valence-electron chi connectivity index (χ0n) is 10.00. The molecule has 0 radical (unpaired) electrons. The molecule has 5 heteroatoms. The molecule has 0 unspecified atom stereocenters. The van der Waals surface area contributed by atoms with E-state index in [2.05, 4.69) is 28.4 Å². The van der Waals surface area contributed by atoms with Crippen LogP contribution in [-0.4, -0.2) is 14.5 Å².